The average molecular weight is 232 g/mol. The molecule has 0 bridgehead atoms. The summed E-state index contributed by atoms with van der Waals surface area (Å²) in [4.78, 5) is 3.38. The van der Waals surface area contributed by atoms with Crippen LogP contribution in [0.25, 0.3) is 22.0 Å². The zero-order valence-corrected chi connectivity index (χ0v) is 10.1. The number of aromatic amines is 1. The summed E-state index contributed by atoms with van der Waals surface area (Å²) in [6.45, 7) is 2.06. The van der Waals surface area contributed by atoms with Crippen LogP contribution < -0.4 is 0 Å². The van der Waals surface area contributed by atoms with Crippen LogP contribution in [0.15, 0.2) is 48.5 Å². The molecule has 1 N–H and O–H groups in total. The SMILES string of the molecule is Cc1[nH]c2ccccc2c1-c1cccc(C#N)c1. The third-order valence-corrected chi connectivity index (χ3v) is 3.17. The fourth-order valence-electron chi connectivity index (χ4n) is 2.39. The number of hydrogen-bond donors (Lipinski definition) is 1. The van der Waals surface area contributed by atoms with Crippen LogP contribution in [0, 0.1) is 18.3 Å². The van der Waals surface area contributed by atoms with Crippen LogP contribution in [0.5, 0.6) is 0 Å². The highest BCUT2D eigenvalue weighted by molar-refractivity contribution is 5.97. The Kier molecular flexibility index (Phi) is 2.39. The van der Waals surface area contributed by atoms with Gasteiger partial charge in [0.05, 0.1) is 11.6 Å². The second kappa shape index (κ2) is 4.05. The Bertz CT molecular complexity index is 760. The molecule has 0 amide bonds. The lowest BCUT2D eigenvalue weighted by molar-refractivity contribution is 1.30. The van der Waals surface area contributed by atoms with E-state index in [0.29, 0.717) is 5.56 Å². The Morgan fingerprint density at radius 2 is 1.89 bits per heavy atom. The van der Waals surface area contributed by atoms with Crippen molar-refractivity contribution in [2.24, 2.45) is 0 Å². The van der Waals surface area contributed by atoms with Crippen LogP contribution in [0.4, 0.5) is 0 Å². The molecule has 3 rings (SSSR count). The fraction of sp³-hybridized carbons (Fsp3) is 0.0625. The monoisotopic (exact) mass is 232 g/mol. The summed E-state index contributed by atoms with van der Waals surface area (Å²) in [6, 6.07) is 18.1. The van der Waals surface area contributed by atoms with Crippen molar-refractivity contribution in [2.45, 2.75) is 6.92 Å². The van der Waals surface area contributed by atoms with Crippen molar-refractivity contribution in [3.8, 4) is 17.2 Å². The Morgan fingerprint density at radius 1 is 1.06 bits per heavy atom. The molecule has 86 valence electrons. The summed E-state index contributed by atoms with van der Waals surface area (Å²) >= 11 is 0. The van der Waals surface area contributed by atoms with Crippen molar-refractivity contribution < 1.29 is 0 Å². The molecule has 0 spiro atoms. The molecule has 0 unspecified atom stereocenters. The minimum atomic E-state index is 0.692. The Balaban J connectivity index is 2.31. The van der Waals surface area contributed by atoms with Gasteiger partial charge in [-0.2, -0.15) is 5.26 Å². The smallest absolute Gasteiger partial charge is 0.0991 e. The minimum absolute atomic E-state index is 0.692. The van der Waals surface area contributed by atoms with E-state index in [1.54, 1.807) is 0 Å². The maximum absolute atomic E-state index is 8.98. The van der Waals surface area contributed by atoms with Gasteiger partial charge < -0.3 is 4.98 Å². The second-order valence-corrected chi connectivity index (χ2v) is 4.36. The molecule has 0 atom stereocenters. The predicted molar refractivity (Wildman–Crippen MR) is 73.2 cm³/mol. The molecule has 1 heterocycles. The topological polar surface area (TPSA) is 39.6 Å². The van der Waals surface area contributed by atoms with E-state index in [0.717, 1.165) is 16.8 Å². The quantitative estimate of drug-likeness (QED) is 0.676. The lowest BCUT2D eigenvalue weighted by Gasteiger charge is -2.02. The van der Waals surface area contributed by atoms with E-state index >= 15 is 0 Å². The number of hydrogen-bond acceptors (Lipinski definition) is 1. The standard InChI is InChI=1S/C16H12N2/c1-11-16(13-6-4-5-12(9-13)10-17)14-7-2-3-8-15(14)18-11/h2-9,18H,1H3. The molecule has 18 heavy (non-hydrogen) atoms. The van der Waals surface area contributed by atoms with Gasteiger partial charge in [0, 0.05) is 22.2 Å². The van der Waals surface area contributed by atoms with Gasteiger partial charge in [0.1, 0.15) is 0 Å². The van der Waals surface area contributed by atoms with Gasteiger partial charge in [0.25, 0.3) is 0 Å². The van der Waals surface area contributed by atoms with E-state index in [2.05, 4.69) is 30.1 Å². The van der Waals surface area contributed by atoms with Gasteiger partial charge in [-0.1, -0.05) is 30.3 Å². The summed E-state index contributed by atoms with van der Waals surface area (Å²) in [5.41, 5.74) is 5.22. The molecule has 1 aromatic heterocycles. The first-order chi connectivity index (χ1) is 8.79. The summed E-state index contributed by atoms with van der Waals surface area (Å²) in [7, 11) is 0. The molecule has 0 radical (unpaired) electrons. The van der Waals surface area contributed by atoms with Crippen LogP contribution in [-0.4, -0.2) is 4.98 Å². The van der Waals surface area contributed by atoms with Crippen molar-refractivity contribution in [3.63, 3.8) is 0 Å². The molecule has 0 aliphatic heterocycles. The maximum atomic E-state index is 8.98. The van der Waals surface area contributed by atoms with Crippen LogP contribution in [0.2, 0.25) is 0 Å². The highest BCUT2D eigenvalue weighted by atomic mass is 14.7. The number of nitriles is 1. The third kappa shape index (κ3) is 1.57. The molecule has 0 fully saturated rings. The Labute approximate surface area is 106 Å². The number of nitrogens with one attached hydrogen (secondary N) is 1. The predicted octanol–water partition coefficient (Wildman–Crippen LogP) is 4.02. The normalized spacial score (nSPS) is 10.4. The molecule has 0 saturated heterocycles. The number of fused-ring (bicyclic) bond motifs is 1. The van der Waals surface area contributed by atoms with Crippen molar-refractivity contribution >= 4 is 10.9 Å². The first kappa shape index (κ1) is 10.6. The van der Waals surface area contributed by atoms with E-state index in [4.69, 9.17) is 5.26 Å². The summed E-state index contributed by atoms with van der Waals surface area (Å²) < 4.78 is 0. The zero-order chi connectivity index (χ0) is 12.5. The van der Waals surface area contributed by atoms with E-state index in [1.807, 2.05) is 36.4 Å². The molecular weight excluding hydrogens is 220 g/mol. The van der Waals surface area contributed by atoms with Crippen LogP contribution in [0.1, 0.15) is 11.3 Å². The molecule has 2 heteroatoms. The number of aromatic nitrogens is 1. The van der Waals surface area contributed by atoms with Crippen molar-refractivity contribution in [3.05, 3.63) is 59.8 Å². The largest absolute Gasteiger partial charge is 0.358 e. The lowest BCUT2D eigenvalue weighted by atomic mass is 10.0. The van der Waals surface area contributed by atoms with Crippen LogP contribution in [-0.2, 0) is 0 Å². The summed E-state index contributed by atoms with van der Waals surface area (Å²) in [5, 5.41) is 10.2. The average Bonchev–Trinajstić information content (AvgIpc) is 2.74. The third-order valence-electron chi connectivity index (χ3n) is 3.17. The Morgan fingerprint density at radius 3 is 2.72 bits per heavy atom. The van der Waals surface area contributed by atoms with Gasteiger partial charge >= 0.3 is 0 Å². The van der Waals surface area contributed by atoms with Crippen molar-refractivity contribution in [2.75, 3.05) is 0 Å². The van der Waals surface area contributed by atoms with Crippen molar-refractivity contribution in [1.82, 2.24) is 4.98 Å². The molecule has 0 aliphatic rings. The number of benzene rings is 2. The van der Waals surface area contributed by atoms with Gasteiger partial charge in [-0.25, -0.2) is 0 Å². The highest BCUT2D eigenvalue weighted by Gasteiger charge is 2.10. The van der Waals surface area contributed by atoms with Gasteiger partial charge in [0.2, 0.25) is 0 Å². The first-order valence-electron chi connectivity index (χ1n) is 5.87. The number of rotatable bonds is 1. The number of H-pyrrole nitrogens is 1. The molecule has 2 nitrogen and oxygen atoms in total. The van der Waals surface area contributed by atoms with Gasteiger partial charge in [0.15, 0.2) is 0 Å². The molecule has 0 saturated carbocycles. The second-order valence-electron chi connectivity index (χ2n) is 4.36. The molecule has 2 aromatic carbocycles. The van der Waals surface area contributed by atoms with E-state index in [1.165, 1.54) is 10.9 Å². The van der Waals surface area contributed by atoms with Crippen LogP contribution >= 0.6 is 0 Å². The maximum Gasteiger partial charge on any atom is 0.0991 e. The highest BCUT2D eigenvalue weighted by Crippen LogP contribution is 2.32. The molecule has 3 aromatic rings. The number of nitrogens with zero attached hydrogens (tertiary/aromatic N) is 1. The van der Waals surface area contributed by atoms with Gasteiger partial charge in [-0.15, -0.1) is 0 Å². The molecular formula is C16H12N2. The van der Waals surface area contributed by atoms with Gasteiger partial charge in [-0.05, 0) is 30.7 Å². The summed E-state index contributed by atoms with van der Waals surface area (Å²) in [6.07, 6.45) is 0. The zero-order valence-electron chi connectivity index (χ0n) is 10.1. The Hall–Kier alpha value is -2.53. The summed E-state index contributed by atoms with van der Waals surface area (Å²) in [5.74, 6) is 0. The lowest BCUT2D eigenvalue weighted by Crippen LogP contribution is -1.81. The van der Waals surface area contributed by atoms with Crippen molar-refractivity contribution in [1.29, 1.82) is 5.26 Å². The fourth-order valence-corrected chi connectivity index (χ4v) is 2.39. The number of para-hydroxylation sites is 1. The minimum Gasteiger partial charge on any atom is -0.358 e. The van der Waals surface area contributed by atoms with E-state index < -0.39 is 0 Å². The van der Waals surface area contributed by atoms with E-state index in [9.17, 15) is 0 Å². The molecule has 0 aliphatic carbocycles. The number of aryl methyl sites for hydroxylation is 1. The van der Waals surface area contributed by atoms with Gasteiger partial charge in [-0.3, -0.25) is 0 Å². The van der Waals surface area contributed by atoms with Crippen LogP contribution in [0.3, 0.4) is 0 Å². The van der Waals surface area contributed by atoms with E-state index in [-0.39, 0.29) is 0 Å². The first-order valence-corrected chi connectivity index (χ1v) is 5.87.